The van der Waals surface area contributed by atoms with Crippen LogP contribution in [0.4, 0.5) is 22.0 Å². The van der Waals surface area contributed by atoms with E-state index in [4.69, 9.17) is 5.14 Å². The fourth-order valence-electron chi connectivity index (χ4n) is 2.84. The summed E-state index contributed by atoms with van der Waals surface area (Å²) in [5, 5.41) is 5.42. The van der Waals surface area contributed by atoms with Gasteiger partial charge < -0.3 is 0 Å². The molecule has 1 heterocycles. The minimum Gasteiger partial charge on any atom is -0.252 e. The van der Waals surface area contributed by atoms with Gasteiger partial charge in [0.05, 0.1) is 15.7 Å². The van der Waals surface area contributed by atoms with Crippen molar-refractivity contribution >= 4 is 11.0 Å². The Morgan fingerprint density at radius 3 is 2.33 bits per heavy atom. The Kier molecular flexibility index (Phi) is 6.06. The van der Waals surface area contributed by atoms with Gasteiger partial charge in [0, 0.05) is 11.8 Å². The van der Waals surface area contributed by atoms with Gasteiger partial charge >= 0.3 is 6.18 Å². The minimum atomic E-state index is -4.69. The van der Waals surface area contributed by atoms with Crippen molar-refractivity contribution in [3.63, 3.8) is 0 Å². The highest BCUT2D eigenvalue weighted by Gasteiger charge is 2.33. The van der Waals surface area contributed by atoms with E-state index in [-0.39, 0.29) is 23.1 Å². The first-order valence-electron chi connectivity index (χ1n) is 8.02. The van der Waals surface area contributed by atoms with E-state index in [1.54, 1.807) is 20.8 Å². The number of nitrogens with two attached hydrogens (primary N) is 1. The summed E-state index contributed by atoms with van der Waals surface area (Å²) in [5.41, 5.74) is -1.57. The number of benzene rings is 1. The van der Waals surface area contributed by atoms with Gasteiger partial charge in [-0.2, -0.15) is 13.2 Å². The zero-order chi connectivity index (χ0) is 20.6. The molecule has 1 unspecified atom stereocenters. The number of alkyl halides is 3. The second-order valence-electron chi connectivity index (χ2n) is 6.94. The molecule has 0 saturated carbocycles. The van der Waals surface area contributed by atoms with E-state index < -0.39 is 45.2 Å². The van der Waals surface area contributed by atoms with Gasteiger partial charge in [0.1, 0.15) is 17.3 Å². The first-order chi connectivity index (χ1) is 12.3. The van der Waals surface area contributed by atoms with Gasteiger partial charge in [-0.25, -0.2) is 13.0 Å². The Labute approximate surface area is 156 Å². The number of rotatable bonds is 5. The van der Waals surface area contributed by atoms with Crippen LogP contribution in [0.1, 0.15) is 44.4 Å². The van der Waals surface area contributed by atoms with E-state index in [1.165, 1.54) is 6.07 Å². The number of pyridine rings is 1. The number of hydrogen-bond donors (Lipinski definition) is 1. The summed E-state index contributed by atoms with van der Waals surface area (Å²) >= 11 is 0. The third-order valence-corrected chi connectivity index (χ3v) is 5.58. The largest absolute Gasteiger partial charge is 0.433 e. The molecule has 0 aliphatic rings. The molecule has 0 aliphatic heterocycles. The quantitative estimate of drug-likeness (QED) is 0.715. The smallest absolute Gasteiger partial charge is 0.252 e. The average molecular weight is 406 g/mol. The molecule has 2 aromatic rings. The van der Waals surface area contributed by atoms with Crippen LogP contribution in [0.2, 0.25) is 0 Å². The Morgan fingerprint density at radius 1 is 1.15 bits per heavy atom. The molecular formula is C18H19F5N2OS. The monoisotopic (exact) mass is 406 g/mol. The Balaban J connectivity index is 2.42. The Hall–Kier alpha value is -1.87. The van der Waals surface area contributed by atoms with Gasteiger partial charge in [-0.3, -0.25) is 10.1 Å². The molecule has 9 heteroatoms. The van der Waals surface area contributed by atoms with Crippen molar-refractivity contribution in [3.05, 3.63) is 53.4 Å². The number of hydrogen-bond acceptors (Lipinski definition) is 2. The van der Waals surface area contributed by atoms with Crippen LogP contribution in [0.25, 0.3) is 11.1 Å². The number of nitrogens with zero attached hydrogens (tertiary/aromatic N) is 1. The van der Waals surface area contributed by atoms with E-state index in [0.29, 0.717) is 6.07 Å². The van der Waals surface area contributed by atoms with Gasteiger partial charge in [-0.1, -0.05) is 6.92 Å². The van der Waals surface area contributed by atoms with E-state index in [2.05, 4.69) is 4.98 Å². The van der Waals surface area contributed by atoms with Crippen LogP contribution >= 0.6 is 0 Å². The summed E-state index contributed by atoms with van der Waals surface area (Å²) < 4.78 is 78.2. The molecular weight excluding hydrogens is 387 g/mol. The lowest BCUT2D eigenvalue weighted by molar-refractivity contribution is -0.141. The molecule has 0 amide bonds. The molecule has 1 aromatic carbocycles. The molecule has 2 atom stereocenters. The van der Waals surface area contributed by atoms with Crippen LogP contribution < -0.4 is 5.14 Å². The van der Waals surface area contributed by atoms with Crippen LogP contribution in [-0.4, -0.2) is 13.9 Å². The van der Waals surface area contributed by atoms with Gasteiger partial charge in [-0.05, 0) is 61.6 Å². The summed E-state index contributed by atoms with van der Waals surface area (Å²) in [6.45, 7) is 4.94. The molecule has 0 spiro atoms. The minimum absolute atomic E-state index is 0.0416. The van der Waals surface area contributed by atoms with Gasteiger partial charge in [-0.15, -0.1) is 0 Å². The maximum absolute atomic E-state index is 14.6. The van der Waals surface area contributed by atoms with E-state index in [1.807, 2.05) is 0 Å². The topological polar surface area (TPSA) is 56.0 Å². The van der Waals surface area contributed by atoms with Gasteiger partial charge in [0.25, 0.3) is 0 Å². The lowest BCUT2D eigenvalue weighted by Gasteiger charge is -2.25. The standard InChI is InChI=1S/C18H19F5N2OS/c1-10(9-17(2,3)27(24)26)12-7-15(20)13(8-14(12)19)11-4-5-25-16(6-11)18(21,22)23/h4-8,10H,9,24H2,1-3H3/t10-,27?/m0/s1. The Bertz CT molecular complexity index is 867. The molecule has 0 bridgehead atoms. The van der Waals surface area contributed by atoms with Crippen LogP contribution in [0, 0.1) is 11.6 Å². The predicted molar refractivity (Wildman–Crippen MR) is 94.0 cm³/mol. The van der Waals surface area contributed by atoms with Crippen LogP contribution in [0.15, 0.2) is 30.5 Å². The van der Waals surface area contributed by atoms with Crippen molar-refractivity contribution in [1.29, 1.82) is 0 Å². The molecule has 0 radical (unpaired) electrons. The molecule has 148 valence electrons. The lowest BCUT2D eigenvalue weighted by Crippen LogP contribution is -2.33. The molecule has 0 saturated heterocycles. The van der Waals surface area contributed by atoms with Gasteiger partial charge in [0.2, 0.25) is 0 Å². The van der Waals surface area contributed by atoms with Crippen molar-refractivity contribution in [2.24, 2.45) is 5.14 Å². The highest BCUT2D eigenvalue weighted by atomic mass is 32.2. The fraction of sp³-hybridized carbons (Fsp3) is 0.389. The van der Waals surface area contributed by atoms with Crippen LogP contribution in [-0.2, 0) is 17.2 Å². The highest BCUT2D eigenvalue weighted by Crippen LogP contribution is 2.35. The first-order valence-corrected chi connectivity index (χ1v) is 9.23. The lowest BCUT2D eigenvalue weighted by atomic mass is 9.89. The molecule has 1 aromatic heterocycles. The maximum atomic E-state index is 14.6. The SMILES string of the molecule is C[C@@H](CC(C)(C)S(N)=O)c1cc(F)c(-c2ccnc(C(F)(F)F)c2)cc1F. The van der Waals surface area contributed by atoms with Crippen molar-refractivity contribution in [2.75, 3.05) is 0 Å². The zero-order valence-electron chi connectivity index (χ0n) is 14.9. The molecule has 0 fully saturated rings. The fourth-order valence-corrected chi connectivity index (χ4v) is 3.26. The summed E-state index contributed by atoms with van der Waals surface area (Å²) in [4.78, 5) is 3.21. The zero-order valence-corrected chi connectivity index (χ0v) is 15.7. The normalized spacial score (nSPS) is 14.9. The van der Waals surface area contributed by atoms with Crippen molar-refractivity contribution in [3.8, 4) is 11.1 Å². The van der Waals surface area contributed by atoms with Crippen molar-refractivity contribution < 1.29 is 26.2 Å². The van der Waals surface area contributed by atoms with Crippen LogP contribution in [0.3, 0.4) is 0 Å². The van der Waals surface area contributed by atoms with Crippen LogP contribution in [0.5, 0.6) is 0 Å². The molecule has 2 N–H and O–H groups in total. The second kappa shape index (κ2) is 7.63. The number of aromatic nitrogens is 1. The Morgan fingerprint density at radius 2 is 1.78 bits per heavy atom. The predicted octanol–water partition coefficient (Wildman–Crippen LogP) is 4.94. The van der Waals surface area contributed by atoms with Crippen molar-refractivity contribution in [1.82, 2.24) is 4.98 Å². The van der Waals surface area contributed by atoms with Gasteiger partial charge in [0.15, 0.2) is 0 Å². The summed E-state index contributed by atoms with van der Waals surface area (Å²) in [6, 6.07) is 3.67. The third-order valence-electron chi connectivity index (χ3n) is 4.32. The summed E-state index contributed by atoms with van der Waals surface area (Å²) in [5.74, 6) is -2.12. The average Bonchev–Trinajstić information content (AvgIpc) is 2.55. The van der Waals surface area contributed by atoms with E-state index in [9.17, 15) is 26.2 Å². The molecule has 3 nitrogen and oxygen atoms in total. The van der Waals surface area contributed by atoms with E-state index in [0.717, 1.165) is 18.3 Å². The third kappa shape index (κ3) is 4.90. The number of halogens is 5. The maximum Gasteiger partial charge on any atom is 0.433 e. The second-order valence-corrected chi connectivity index (χ2v) is 8.64. The first kappa shape index (κ1) is 21.4. The molecule has 0 aliphatic carbocycles. The highest BCUT2D eigenvalue weighted by molar-refractivity contribution is 7.84. The summed E-state index contributed by atoms with van der Waals surface area (Å²) in [6.07, 6.45) is -3.56. The van der Waals surface area contributed by atoms with Crippen molar-refractivity contribution in [2.45, 2.75) is 44.0 Å². The summed E-state index contributed by atoms with van der Waals surface area (Å²) in [7, 11) is -1.66. The molecule has 27 heavy (non-hydrogen) atoms. The molecule has 2 rings (SSSR count). The van der Waals surface area contributed by atoms with E-state index >= 15 is 0 Å².